The third kappa shape index (κ3) is 6.30. The van der Waals surface area contributed by atoms with Gasteiger partial charge in [-0.3, -0.25) is 9.11 Å². The van der Waals surface area contributed by atoms with E-state index in [4.69, 9.17) is 0 Å². The maximum Gasteiger partial charge on any atom is 0.295 e. The fourth-order valence-electron chi connectivity index (χ4n) is 10.7. The molecule has 5 aliphatic carbocycles. The van der Waals surface area contributed by atoms with Gasteiger partial charge in [0.05, 0.1) is 0 Å². The number of benzene rings is 2. The van der Waals surface area contributed by atoms with Crippen LogP contribution in [-0.2, 0) is 20.2 Å². The monoisotopic (exact) mass is 670 g/mol. The van der Waals surface area contributed by atoms with Crippen LogP contribution < -0.4 is 0 Å². The normalized spacial score (nSPS) is 28.6. The Labute approximate surface area is 275 Å². The summed E-state index contributed by atoms with van der Waals surface area (Å²) < 4.78 is 72.7. The van der Waals surface area contributed by atoms with Gasteiger partial charge in [-0.1, -0.05) is 57.1 Å². The third-order valence-electron chi connectivity index (χ3n) is 12.7. The highest BCUT2D eigenvalue weighted by Crippen LogP contribution is 2.55. The zero-order valence-electron chi connectivity index (χ0n) is 26.9. The van der Waals surface area contributed by atoms with Crippen molar-refractivity contribution in [2.24, 2.45) is 11.8 Å². The molecule has 0 spiro atoms. The van der Waals surface area contributed by atoms with Crippen LogP contribution in [0.4, 0.5) is 0 Å². The van der Waals surface area contributed by atoms with Crippen molar-refractivity contribution in [3.8, 4) is 5.75 Å². The molecule has 7 nitrogen and oxygen atoms in total. The highest BCUT2D eigenvalue weighted by atomic mass is 32.2. The van der Waals surface area contributed by atoms with Crippen LogP contribution in [0.25, 0.3) is 0 Å². The summed E-state index contributed by atoms with van der Waals surface area (Å²) in [4.78, 5) is 0.235. The Morgan fingerprint density at radius 3 is 1.39 bits per heavy atom. The first-order valence-electron chi connectivity index (χ1n) is 18.0. The molecule has 0 heterocycles. The van der Waals surface area contributed by atoms with Gasteiger partial charge < -0.3 is 5.11 Å². The number of phenols is 1. The Kier molecular flexibility index (Phi) is 9.09. The summed E-state index contributed by atoms with van der Waals surface area (Å²) in [5.41, 5.74) is 4.06. The van der Waals surface area contributed by atoms with E-state index < -0.39 is 20.2 Å². The number of phenolic OH excluding ortho intramolecular Hbond substituents is 1. The van der Waals surface area contributed by atoms with Crippen LogP contribution in [0.15, 0.2) is 34.1 Å². The first kappa shape index (κ1) is 32.6. The predicted molar refractivity (Wildman–Crippen MR) is 178 cm³/mol. The van der Waals surface area contributed by atoms with Crippen LogP contribution in [0, 0.1) is 11.8 Å². The van der Waals surface area contributed by atoms with Gasteiger partial charge in [0.15, 0.2) is 0 Å². The van der Waals surface area contributed by atoms with Gasteiger partial charge in [-0.05, 0) is 152 Å². The van der Waals surface area contributed by atoms with Crippen LogP contribution in [0.3, 0.4) is 0 Å². The summed E-state index contributed by atoms with van der Waals surface area (Å²) in [6, 6.07) is 7.43. The minimum absolute atomic E-state index is 0.0352. The summed E-state index contributed by atoms with van der Waals surface area (Å²) >= 11 is 0. The van der Waals surface area contributed by atoms with Crippen LogP contribution in [-0.4, -0.2) is 31.0 Å². The van der Waals surface area contributed by atoms with E-state index in [1.165, 1.54) is 5.56 Å². The molecule has 0 bridgehead atoms. The molecule has 0 amide bonds. The minimum Gasteiger partial charge on any atom is -0.508 e. The Bertz CT molecular complexity index is 1630. The molecule has 2 aromatic rings. The van der Waals surface area contributed by atoms with Gasteiger partial charge in [-0.25, -0.2) is 0 Å². The van der Waals surface area contributed by atoms with Crippen molar-refractivity contribution in [2.45, 2.75) is 155 Å². The summed E-state index contributed by atoms with van der Waals surface area (Å²) in [5, 5.41) is 10.7. The van der Waals surface area contributed by atoms with Crippen molar-refractivity contribution in [3.05, 3.63) is 52.1 Å². The Morgan fingerprint density at radius 2 is 0.935 bits per heavy atom. The summed E-state index contributed by atoms with van der Waals surface area (Å²) in [6.45, 7) is 0. The topological polar surface area (TPSA) is 129 Å². The number of aromatic hydroxyl groups is 1. The average molecular weight is 671 g/mol. The van der Waals surface area contributed by atoms with E-state index in [0.29, 0.717) is 28.9 Å². The number of hydrogen-bond acceptors (Lipinski definition) is 5. The molecule has 0 radical (unpaired) electrons. The van der Waals surface area contributed by atoms with Crippen molar-refractivity contribution in [2.75, 3.05) is 0 Å². The average Bonchev–Trinajstić information content (AvgIpc) is 3.86. The van der Waals surface area contributed by atoms with Gasteiger partial charge in [-0.2, -0.15) is 16.8 Å². The second-order valence-electron chi connectivity index (χ2n) is 15.3. The number of rotatable bonds is 8. The van der Waals surface area contributed by atoms with Gasteiger partial charge in [-0.15, -0.1) is 0 Å². The Balaban J connectivity index is 1.23. The molecular weight excluding hydrogens is 621 g/mol. The zero-order valence-corrected chi connectivity index (χ0v) is 28.5. The van der Waals surface area contributed by atoms with E-state index in [1.54, 1.807) is 12.1 Å². The molecule has 0 aliphatic heterocycles. The van der Waals surface area contributed by atoms with Crippen molar-refractivity contribution in [1.29, 1.82) is 0 Å². The van der Waals surface area contributed by atoms with Gasteiger partial charge in [0.25, 0.3) is 20.2 Å². The fourth-order valence-corrected chi connectivity index (χ4v) is 12.8. The molecule has 0 aromatic heterocycles. The van der Waals surface area contributed by atoms with Crippen molar-refractivity contribution in [1.82, 2.24) is 0 Å². The quantitative estimate of drug-likeness (QED) is 0.239. The van der Waals surface area contributed by atoms with Gasteiger partial charge in [0.2, 0.25) is 0 Å². The van der Waals surface area contributed by atoms with E-state index >= 15 is 0 Å². The molecule has 4 unspecified atom stereocenters. The highest BCUT2D eigenvalue weighted by molar-refractivity contribution is 7.86. The van der Waals surface area contributed by atoms with Crippen LogP contribution >= 0.6 is 0 Å². The van der Waals surface area contributed by atoms with E-state index in [1.807, 2.05) is 0 Å². The lowest BCUT2D eigenvalue weighted by Gasteiger charge is -2.29. The van der Waals surface area contributed by atoms with E-state index in [9.17, 15) is 31.0 Å². The van der Waals surface area contributed by atoms with Crippen LogP contribution in [0.5, 0.6) is 5.75 Å². The molecule has 4 atom stereocenters. The first-order valence-corrected chi connectivity index (χ1v) is 20.9. The second-order valence-corrected chi connectivity index (χ2v) is 18.1. The standard InChI is InChI=1S/C37H50O7S2/c38-29-21-34(25-12-5-6-13-25)37(46(42,43)44)35(22-29)27-17-16-26(18-27)30-14-7-15-31(30)28-19-32(23-8-1-2-9-23)36(45(39,40)41)33(20-28)24-10-3-4-11-24/h19-27,30-31,38H,1-18H2,(H,39,40,41)(H,42,43,44). The lowest BCUT2D eigenvalue weighted by atomic mass is 9.76. The summed E-state index contributed by atoms with van der Waals surface area (Å²) in [5.74, 6) is 1.43. The first-order chi connectivity index (χ1) is 22.0. The summed E-state index contributed by atoms with van der Waals surface area (Å²) in [7, 11) is -8.83. The minimum atomic E-state index is -4.47. The molecule has 252 valence electrons. The molecule has 9 heteroatoms. The molecule has 5 saturated carbocycles. The lowest BCUT2D eigenvalue weighted by molar-refractivity contribution is 0.312. The van der Waals surface area contributed by atoms with Crippen LogP contribution in [0.1, 0.15) is 173 Å². The second kappa shape index (κ2) is 12.8. The molecule has 0 saturated heterocycles. The molecule has 3 N–H and O–H groups in total. The Hall–Kier alpha value is -1.94. The van der Waals surface area contributed by atoms with Gasteiger partial charge in [0.1, 0.15) is 15.5 Å². The molecular formula is C37H50O7S2. The van der Waals surface area contributed by atoms with Crippen molar-refractivity contribution < 1.29 is 31.0 Å². The fraction of sp³-hybridized carbons (Fsp3) is 0.676. The smallest absolute Gasteiger partial charge is 0.295 e. The van der Waals surface area contributed by atoms with Crippen molar-refractivity contribution >= 4 is 20.2 Å². The maximum absolute atomic E-state index is 13.0. The van der Waals surface area contributed by atoms with Crippen LogP contribution in [0.2, 0.25) is 0 Å². The van der Waals surface area contributed by atoms with E-state index in [0.717, 1.165) is 127 Å². The predicted octanol–water partition coefficient (Wildman–Crippen LogP) is 9.33. The molecule has 7 rings (SSSR count). The molecule has 5 aliphatic rings. The SMILES string of the molecule is O=S(=O)(O)c1c(C2CCCC2)cc(C2CCCC2C2CCC(c3cc(O)cc(C4CCCC4)c3S(=O)(=O)O)C2)cc1C1CCCC1. The van der Waals surface area contributed by atoms with Gasteiger partial charge in [0, 0.05) is 0 Å². The largest absolute Gasteiger partial charge is 0.508 e. The van der Waals surface area contributed by atoms with E-state index in [2.05, 4.69) is 12.1 Å². The molecule has 5 fully saturated rings. The van der Waals surface area contributed by atoms with Crippen molar-refractivity contribution in [3.63, 3.8) is 0 Å². The lowest BCUT2D eigenvalue weighted by Crippen LogP contribution is -2.19. The third-order valence-corrected chi connectivity index (χ3v) is 14.7. The number of hydrogen-bond donors (Lipinski definition) is 3. The zero-order chi connectivity index (χ0) is 32.2. The van der Waals surface area contributed by atoms with Gasteiger partial charge >= 0.3 is 0 Å². The highest BCUT2D eigenvalue weighted by Gasteiger charge is 2.42. The Morgan fingerprint density at radius 1 is 0.500 bits per heavy atom. The summed E-state index contributed by atoms with van der Waals surface area (Å²) in [6.07, 6.45) is 17.7. The molecule has 2 aromatic carbocycles. The molecule has 46 heavy (non-hydrogen) atoms. The maximum atomic E-state index is 13.0. The van der Waals surface area contributed by atoms with E-state index in [-0.39, 0.29) is 39.2 Å².